The van der Waals surface area contributed by atoms with Crippen LogP contribution in [0.2, 0.25) is 0 Å². The molecule has 0 amide bonds. The van der Waals surface area contributed by atoms with E-state index in [9.17, 15) is 10.2 Å². The monoisotopic (exact) mass is 393 g/mol. The zero-order valence-corrected chi connectivity index (χ0v) is 16.6. The molecular weight excluding hydrogens is 366 g/mol. The largest absolute Gasteiger partial charge is 0.493 e. The molecule has 1 heterocycles. The number of anilines is 1. The number of aliphatic hydroxyl groups is 2. The lowest BCUT2D eigenvalue weighted by Gasteiger charge is -2.13. The van der Waals surface area contributed by atoms with E-state index in [1.54, 1.807) is 0 Å². The predicted molar refractivity (Wildman–Crippen MR) is 113 cm³/mol. The Labute approximate surface area is 170 Å². The molecular formula is C23H27N3O3. The second-order valence-corrected chi connectivity index (χ2v) is 7.69. The molecule has 0 spiro atoms. The first-order chi connectivity index (χ1) is 14.0. The van der Waals surface area contributed by atoms with Crippen molar-refractivity contribution in [1.82, 2.24) is 9.97 Å². The highest BCUT2D eigenvalue weighted by Crippen LogP contribution is 2.37. The summed E-state index contributed by atoms with van der Waals surface area (Å²) in [6.45, 7) is 2.57. The molecule has 1 aliphatic rings. The molecule has 0 radical (unpaired) electrons. The zero-order chi connectivity index (χ0) is 20.4. The molecule has 4 rings (SSSR count). The second kappa shape index (κ2) is 8.27. The number of benzene rings is 2. The van der Waals surface area contributed by atoms with Crippen LogP contribution in [0, 0.1) is 6.92 Å². The summed E-state index contributed by atoms with van der Waals surface area (Å²) >= 11 is 0. The van der Waals surface area contributed by atoms with Gasteiger partial charge in [0.2, 0.25) is 0 Å². The van der Waals surface area contributed by atoms with Crippen LogP contribution in [0.1, 0.15) is 41.3 Å². The fraction of sp³-hybridized carbons (Fsp3) is 0.348. The highest BCUT2D eigenvalue weighted by molar-refractivity contribution is 5.59. The van der Waals surface area contributed by atoms with Gasteiger partial charge in [-0.25, -0.2) is 4.98 Å². The van der Waals surface area contributed by atoms with E-state index in [0.717, 1.165) is 47.1 Å². The van der Waals surface area contributed by atoms with Gasteiger partial charge in [0.1, 0.15) is 11.6 Å². The van der Waals surface area contributed by atoms with Crippen LogP contribution in [-0.2, 0) is 12.8 Å². The van der Waals surface area contributed by atoms with E-state index in [1.807, 2.05) is 37.3 Å². The molecule has 1 aromatic heterocycles. The van der Waals surface area contributed by atoms with Crippen molar-refractivity contribution in [3.05, 3.63) is 65.0 Å². The van der Waals surface area contributed by atoms with Crippen molar-refractivity contribution in [3.63, 3.8) is 0 Å². The van der Waals surface area contributed by atoms with Gasteiger partial charge in [-0.2, -0.15) is 0 Å². The number of aryl methyl sites for hydroxylation is 2. The number of aromatic nitrogens is 2. The number of fused-ring (bicyclic) bond motifs is 1. The summed E-state index contributed by atoms with van der Waals surface area (Å²) < 4.78 is 5.97. The van der Waals surface area contributed by atoms with Crippen LogP contribution in [0.15, 0.2) is 42.5 Å². The number of hydrogen-bond donors (Lipinski definition) is 4. The maximum atomic E-state index is 9.24. The maximum absolute atomic E-state index is 9.24. The Morgan fingerprint density at radius 3 is 2.76 bits per heavy atom. The summed E-state index contributed by atoms with van der Waals surface area (Å²) in [5, 5.41) is 18.5. The Kier molecular flexibility index (Phi) is 5.56. The lowest BCUT2D eigenvalue weighted by atomic mass is 9.97. The smallest absolute Gasteiger partial charge is 0.152 e. The van der Waals surface area contributed by atoms with Crippen molar-refractivity contribution >= 4 is 5.69 Å². The summed E-state index contributed by atoms with van der Waals surface area (Å²) in [4.78, 5) is 8.05. The van der Waals surface area contributed by atoms with Gasteiger partial charge in [0.25, 0.3) is 0 Å². The molecule has 152 valence electrons. The van der Waals surface area contributed by atoms with E-state index in [0.29, 0.717) is 19.4 Å². The molecule has 5 N–H and O–H groups in total. The SMILES string of the molecule is Cc1[nH]c(-c2ccc(N)cc2)nc1CCOc1ccc2c(c1)CC[C@H]2CC(O)O. The highest BCUT2D eigenvalue weighted by atomic mass is 16.5. The minimum Gasteiger partial charge on any atom is -0.493 e. The van der Waals surface area contributed by atoms with Crippen molar-refractivity contribution in [2.24, 2.45) is 0 Å². The molecule has 3 aromatic rings. The Bertz CT molecular complexity index is 980. The number of nitrogens with zero attached hydrogens (tertiary/aromatic N) is 1. The average molecular weight is 393 g/mol. The van der Waals surface area contributed by atoms with Gasteiger partial charge < -0.3 is 25.7 Å². The van der Waals surface area contributed by atoms with Crippen LogP contribution in [0.4, 0.5) is 5.69 Å². The first kappa shape index (κ1) is 19.5. The van der Waals surface area contributed by atoms with Gasteiger partial charge >= 0.3 is 0 Å². The highest BCUT2D eigenvalue weighted by Gasteiger charge is 2.24. The van der Waals surface area contributed by atoms with Crippen LogP contribution in [-0.4, -0.2) is 33.1 Å². The number of nitrogens with one attached hydrogen (secondary N) is 1. The van der Waals surface area contributed by atoms with Crippen molar-refractivity contribution in [1.29, 1.82) is 0 Å². The zero-order valence-electron chi connectivity index (χ0n) is 16.6. The number of rotatable bonds is 7. The topological polar surface area (TPSA) is 104 Å². The quantitative estimate of drug-likeness (QED) is 0.364. The summed E-state index contributed by atoms with van der Waals surface area (Å²) in [7, 11) is 0. The molecule has 0 saturated heterocycles. The average Bonchev–Trinajstić information content (AvgIpc) is 3.25. The fourth-order valence-electron chi connectivity index (χ4n) is 4.05. The second-order valence-electron chi connectivity index (χ2n) is 7.69. The normalized spacial score (nSPS) is 15.7. The molecule has 0 bridgehead atoms. The minimum atomic E-state index is -1.25. The number of ether oxygens (including phenoxy) is 1. The molecule has 0 saturated carbocycles. The van der Waals surface area contributed by atoms with Gasteiger partial charge in [0.05, 0.1) is 12.3 Å². The number of aliphatic hydroxyl groups excluding tert-OH is 1. The number of hydrogen-bond acceptors (Lipinski definition) is 5. The van der Waals surface area contributed by atoms with Crippen molar-refractivity contribution in [3.8, 4) is 17.1 Å². The molecule has 0 aliphatic heterocycles. The molecule has 0 fully saturated rings. The van der Waals surface area contributed by atoms with Gasteiger partial charge in [-0.15, -0.1) is 0 Å². The van der Waals surface area contributed by atoms with Crippen molar-refractivity contribution in [2.45, 2.75) is 44.8 Å². The molecule has 6 nitrogen and oxygen atoms in total. The van der Waals surface area contributed by atoms with Gasteiger partial charge in [0, 0.05) is 29.8 Å². The standard InChI is InChI=1S/C23H27N3O3/c1-14-21(26-23(25-14)15-4-6-18(24)7-5-15)10-11-29-19-8-9-20-16(12-19)2-3-17(20)13-22(27)28/h4-9,12,17,22,27-28H,2-3,10-11,13,24H2,1H3,(H,25,26)/t17-/m0/s1. The number of aromatic amines is 1. The maximum Gasteiger partial charge on any atom is 0.152 e. The van der Waals surface area contributed by atoms with E-state index in [-0.39, 0.29) is 5.92 Å². The van der Waals surface area contributed by atoms with Crippen LogP contribution in [0.5, 0.6) is 5.75 Å². The van der Waals surface area contributed by atoms with Crippen molar-refractivity contribution < 1.29 is 14.9 Å². The van der Waals surface area contributed by atoms with E-state index >= 15 is 0 Å². The Morgan fingerprint density at radius 1 is 1.21 bits per heavy atom. The molecule has 29 heavy (non-hydrogen) atoms. The van der Waals surface area contributed by atoms with E-state index in [4.69, 9.17) is 15.5 Å². The van der Waals surface area contributed by atoms with E-state index in [1.165, 1.54) is 11.1 Å². The van der Waals surface area contributed by atoms with Gasteiger partial charge in [-0.05, 0) is 73.2 Å². The number of imidazole rings is 1. The van der Waals surface area contributed by atoms with Gasteiger partial charge in [-0.1, -0.05) is 6.07 Å². The third-order valence-corrected chi connectivity index (χ3v) is 5.59. The predicted octanol–water partition coefficient (Wildman–Crippen LogP) is 3.32. The number of nitrogens with two attached hydrogens (primary N) is 1. The van der Waals surface area contributed by atoms with Crippen molar-refractivity contribution in [2.75, 3.05) is 12.3 Å². The molecule has 2 aromatic carbocycles. The van der Waals surface area contributed by atoms with Crippen LogP contribution < -0.4 is 10.5 Å². The van der Waals surface area contributed by atoms with Crippen LogP contribution in [0.25, 0.3) is 11.4 Å². The third kappa shape index (κ3) is 4.44. The van der Waals surface area contributed by atoms with Crippen LogP contribution >= 0.6 is 0 Å². The lowest BCUT2D eigenvalue weighted by Crippen LogP contribution is -2.09. The van der Waals surface area contributed by atoms with E-state index < -0.39 is 6.29 Å². The molecule has 1 aliphatic carbocycles. The number of nitrogen functional groups attached to an aromatic ring is 1. The molecule has 6 heteroatoms. The lowest BCUT2D eigenvalue weighted by molar-refractivity contribution is -0.0497. The minimum absolute atomic E-state index is 0.220. The Morgan fingerprint density at radius 2 is 2.00 bits per heavy atom. The van der Waals surface area contributed by atoms with Crippen LogP contribution in [0.3, 0.4) is 0 Å². The Hall–Kier alpha value is -2.83. The first-order valence-electron chi connectivity index (χ1n) is 10.0. The summed E-state index contributed by atoms with van der Waals surface area (Å²) in [5.41, 5.74) is 12.0. The van der Waals surface area contributed by atoms with Gasteiger partial charge in [-0.3, -0.25) is 0 Å². The van der Waals surface area contributed by atoms with E-state index in [2.05, 4.69) is 17.1 Å². The summed E-state index contributed by atoms with van der Waals surface area (Å²) in [5.74, 6) is 1.91. The molecule has 0 unspecified atom stereocenters. The Balaban J connectivity index is 1.37. The number of H-pyrrole nitrogens is 1. The first-order valence-corrected chi connectivity index (χ1v) is 10.0. The molecule has 1 atom stereocenters. The van der Waals surface area contributed by atoms with Gasteiger partial charge in [0.15, 0.2) is 6.29 Å². The summed E-state index contributed by atoms with van der Waals surface area (Å²) in [6.07, 6.45) is 1.76. The fourth-order valence-corrected chi connectivity index (χ4v) is 4.05. The summed E-state index contributed by atoms with van der Waals surface area (Å²) in [6, 6.07) is 13.8. The third-order valence-electron chi connectivity index (χ3n) is 5.59.